The lowest BCUT2D eigenvalue weighted by Crippen LogP contribution is -2.58. The van der Waals surface area contributed by atoms with E-state index in [4.69, 9.17) is 5.73 Å². The van der Waals surface area contributed by atoms with Gasteiger partial charge in [0.15, 0.2) is 6.29 Å². The molecule has 2 heterocycles. The minimum Gasteiger partial charge on any atom is -0.349 e. The van der Waals surface area contributed by atoms with Crippen LogP contribution in [0.1, 0.15) is 0 Å². The van der Waals surface area contributed by atoms with Crippen LogP contribution in [-0.4, -0.2) is 66.7 Å². The molecule has 1 unspecified atom stereocenters. The van der Waals surface area contributed by atoms with Crippen molar-refractivity contribution in [1.82, 2.24) is 19.6 Å². The molecule has 15 heavy (non-hydrogen) atoms. The average Bonchev–Trinajstić information content (AvgIpc) is 2.47. The summed E-state index contributed by atoms with van der Waals surface area (Å²) in [5.41, 5.74) is 6.65. The van der Waals surface area contributed by atoms with Gasteiger partial charge >= 0.3 is 0 Å². The van der Waals surface area contributed by atoms with Gasteiger partial charge < -0.3 is 19.6 Å². The fourth-order valence-corrected chi connectivity index (χ4v) is 2.17. The first kappa shape index (κ1) is 10.1. The summed E-state index contributed by atoms with van der Waals surface area (Å²) in [5.74, 6) is 0.899. The number of rotatable bonds is 0. The van der Waals surface area contributed by atoms with Gasteiger partial charge in [-0.2, -0.15) is 0 Å². The monoisotopic (exact) mass is 211 g/mol. The molecule has 0 aliphatic carbocycles. The van der Waals surface area contributed by atoms with Crippen LogP contribution in [0.5, 0.6) is 0 Å². The maximum absolute atomic E-state index is 12.0. The zero-order valence-electron chi connectivity index (χ0n) is 9.56. The molecule has 0 spiro atoms. The first-order chi connectivity index (χ1) is 6.95. The van der Waals surface area contributed by atoms with Crippen molar-refractivity contribution in [2.24, 2.45) is 5.73 Å². The Labute approximate surface area is 89.5 Å². The van der Waals surface area contributed by atoms with E-state index in [1.165, 1.54) is 0 Å². The van der Waals surface area contributed by atoms with Gasteiger partial charge in [-0.25, -0.2) is 0 Å². The van der Waals surface area contributed by atoms with Gasteiger partial charge in [-0.3, -0.25) is 10.5 Å². The van der Waals surface area contributed by atoms with E-state index < -0.39 is 0 Å². The Morgan fingerprint density at radius 1 is 1.13 bits per heavy atom. The van der Waals surface area contributed by atoms with Gasteiger partial charge in [0, 0.05) is 28.2 Å². The van der Waals surface area contributed by atoms with E-state index in [1.807, 2.05) is 35.8 Å². The molecule has 0 aromatic rings. The molecule has 2 aliphatic rings. The normalized spacial score (nSPS) is 26.7. The standard InChI is InChI=1S/C9H17N5O/c1-11-5-12(2)7-6(11)8(15)14(4)9(10)13(7)3/h9H,5,10H2,1-4H3. The molecule has 2 N–H and O–H groups in total. The van der Waals surface area contributed by atoms with Gasteiger partial charge in [0.05, 0.1) is 6.67 Å². The third kappa shape index (κ3) is 1.18. The third-order valence-corrected chi connectivity index (χ3v) is 3.03. The van der Waals surface area contributed by atoms with E-state index in [1.54, 1.807) is 11.9 Å². The van der Waals surface area contributed by atoms with E-state index >= 15 is 0 Å². The Kier molecular flexibility index (Phi) is 2.04. The largest absolute Gasteiger partial charge is 0.349 e. The second kappa shape index (κ2) is 3.03. The molecule has 0 fully saturated rings. The second-order valence-electron chi connectivity index (χ2n) is 4.15. The summed E-state index contributed by atoms with van der Waals surface area (Å²) in [6, 6.07) is 0. The summed E-state index contributed by atoms with van der Waals surface area (Å²) >= 11 is 0. The maximum atomic E-state index is 12.0. The number of amides is 1. The van der Waals surface area contributed by atoms with Crippen molar-refractivity contribution >= 4 is 5.91 Å². The highest BCUT2D eigenvalue weighted by molar-refractivity contribution is 5.94. The molecule has 0 aromatic carbocycles. The lowest BCUT2D eigenvalue weighted by molar-refractivity contribution is -0.134. The van der Waals surface area contributed by atoms with Crippen molar-refractivity contribution in [2.75, 3.05) is 34.9 Å². The molecule has 0 saturated heterocycles. The van der Waals surface area contributed by atoms with Crippen LogP contribution in [0, 0.1) is 0 Å². The molecule has 0 aromatic heterocycles. The van der Waals surface area contributed by atoms with Crippen LogP contribution >= 0.6 is 0 Å². The number of likely N-dealkylation sites (N-methyl/N-ethyl adjacent to an activating group) is 2. The quantitative estimate of drug-likeness (QED) is 0.536. The topological polar surface area (TPSA) is 56.1 Å². The SMILES string of the molecule is CN1CN(C)C2=C1C(=O)N(C)C(N)N2C. The summed E-state index contributed by atoms with van der Waals surface area (Å²) in [7, 11) is 7.49. The van der Waals surface area contributed by atoms with Crippen LogP contribution in [0.4, 0.5) is 0 Å². The predicted molar refractivity (Wildman–Crippen MR) is 55.9 cm³/mol. The van der Waals surface area contributed by atoms with E-state index in [2.05, 4.69) is 0 Å². The summed E-state index contributed by atoms with van der Waals surface area (Å²) in [5, 5.41) is 0. The number of nitrogens with zero attached hydrogens (tertiary/aromatic N) is 4. The molecule has 84 valence electrons. The van der Waals surface area contributed by atoms with Gasteiger partial charge in [-0.1, -0.05) is 0 Å². The van der Waals surface area contributed by atoms with Crippen molar-refractivity contribution in [3.8, 4) is 0 Å². The van der Waals surface area contributed by atoms with Crippen LogP contribution in [0.3, 0.4) is 0 Å². The summed E-state index contributed by atoms with van der Waals surface area (Å²) in [6.07, 6.45) is -0.384. The molecular formula is C9H17N5O. The molecule has 6 nitrogen and oxygen atoms in total. The van der Waals surface area contributed by atoms with E-state index in [9.17, 15) is 4.79 Å². The smallest absolute Gasteiger partial charge is 0.276 e. The fraction of sp³-hybridized carbons (Fsp3) is 0.667. The molecular weight excluding hydrogens is 194 g/mol. The average molecular weight is 211 g/mol. The summed E-state index contributed by atoms with van der Waals surface area (Å²) < 4.78 is 0. The Morgan fingerprint density at radius 3 is 2.33 bits per heavy atom. The van der Waals surface area contributed by atoms with Crippen molar-refractivity contribution in [3.63, 3.8) is 0 Å². The molecule has 0 radical (unpaired) electrons. The highest BCUT2D eigenvalue weighted by Crippen LogP contribution is 2.29. The van der Waals surface area contributed by atoms with Gasteiger partial charge in [0.2, 0.25) is 0 Å². The number of carbonyl (C=O) groups excluding carboxylic acids is 1. The maximum Gasteiger partial charge on any atom is 0.276 e. The first-order valence-corrected chi connectivity index (χ1v) is 4.87. The first-order valence-electron chi connectivity index (χ1n) is 4.87. The van der Waals surface area contributed by atoms with Crippen LogP contribution in [0.15, 0.2) is 11.5 Å². The van der Waals surface area contributed by atoms with Crippen LogP contribution in [-0.2, 0) is 4.79 Å². The lowest BCUT2D eigenvalue weighted by Gasteiger charge is -2.40. The molecule has 2 rings (SSSR count). The second-order valence-corrected chi connectivity index (χ2v) is 4.15. The summed E-state index contributed by atoms with van der Waals surface area (Å²) in [4.78, 5) is 19.4. The van der Waals surface area contributed by atoms with E-state index in [0.717, 1.165) is 18.2 Å². The van der Waals surface area contributed by atoms with Crippen molar-refractivity contribution in [3.05, 3.63) is 11.5 Å². The Hall–Kier alpha value is -1.43. The van der Waals surface area contributed by atoms with Crippen LogP contribution < -0.4 is 5.73 Å². The molecule has 1 atom stereocenters. The molecule has 0 bridgehead atoms. The molecule has 6 heteroatoms. The third-order valence-electron chi connectivity index (χ3n) is 3.03. The molecule has 0 saturated carbocycles. The van der Waals surface area contributed by atoms with Gasteiger partial charge in [0.1, 0.15) is 11.5 Å². The number of nitrogens with two attached hydrogens (primary N) is 1. The van der Waals surface area contributed by atoms with Gasteiger partial charge in [0.25, 0.3) is 5.91 Å². The number of carbonyl (C=O) groups is 1. The van der Waals surface area contributed by atoms with Crippen molar-refractivity contribution in [1.29, 1.82) is 0 Å². The predicted octanol–water partition coefficient (Wildman–Crippen LogP) is -1.36. The minimum atomic E-state index is -0.384. The van der Waals surface area contributed by atoms with Gasteiger partial charge in [-0.05, 0) is 0 Å². The number of hydrogen-bond donors (Lipinski definition) is 1. The summed E-state index contributed by atoms with van der Waals surface area (Å²) in [6.45, 7) is 0.724. The Bertz CT molecular complexity index is 339. The molecule has 1 amide bonds. The highest BCUT2D eigenvalue weighted by Gasteiger charge is 2.40. The zero-order valence-corrected chi connectivity index (χ0v) is 9.56. The Morgan fingerprint density at radius 2 is 1.73 bits per heavy atom. The number of hydrogen-bond acceptors (Lipinski definition) is 5. The fourth-order valence-electron chi connectivity index (χ4n) is 2.17. The zero-order chi connectivity index (χ0) is 11.3. The van der Waals surface area contributed by atoms with Crippen molar-refractivity contribution < 1.29 is 4.79 Å². The minimum absolute atomic E-state index is 0.0116. The molecule has 2 aliphatic heterocycles. The Balaban J connectivity index is 2.49. The van der Waals surface area contributed by atoms with Gasteiger partial charge in [-0.15, -0.1) is 0 Å². The van der Waals surface area contributed by atoms with Crippen molar-refractivity contribution in [2.45, 2.75) is 6.29 Å². The van der Waals surface area contributed by atoms with E-state index in [0.29, 0.717) is 0 Å². The highest BCUT2D eigenvalue weighted by atomic mass is 16.2. The van der Waals surface area contributed by atoms with Crippen LogP contribution in [0.2, 0.25) is 0 Å². The lowest BCUT2D eigenvalue weighted by atomic mass is 10.3. The van der Waals surface area contributed by atoms with Crippen LogP contribution in [0.25, 0.3) is 0 Å². The van der Waals surface area contributed by atoms with E-state index in [-0.39, 0.29) is 12.2 Å².